The van der Waals surface area contributed by atoms with Crippen molar-refractivity contribution in [3.63, 3.8) is 0 Å². The van der Waals surface area contributed by atoms with Gasteiger partial charge in [0.2, 0.25) is 12.6 Å². The molecule has 34 heavy (non-hydrogen) atoms. The third kappa shape index (κ3) is 4.35. The molecule has 2 aliphatic heterocycles. The molecule has 176 valence electrons. The van der Waals surface area contributed by atoms with Crippen molar-refractivity contribution in [3.8, 4) is 22.9 Å². The molecule has 0 saturated carbocycles. The number of allylic oxidation sites excluding steroid dienone is 1. The minimum atomic E-state index is -0.239. The first-order valence-electron chi connectivity index (χ1n) is 11.3. The van der Waals surface area contributed by atoms with Crippen molar-refractivity contribution in [1.29, 1.82) is 0 Å². The molecule has 3 heterocycles. The molecular formula is C25H25ClN4O3S. The second-order valence-corrected chi connectivity index (χ2v) is 9.11. The molecule has 1 N–H and O–H groups in total. The summed E-state index contributed by atoms with van der Waals surface area (Å²) < 4.78 is 16.7. The van der Waals surface area contributed by atoms with Crippen LogP contribution in [0.1, 0.15) is 50.6 Å². The summed E-state index contributed by atoms with van der Waals surface area (Å²) in [4.78, 5) is 6.88. The van der Waals surface area contributed by atoms with Crippen LogP contribution >= 0.6 is 23.8 Å². The fourth-order valence-corrected chi connectivity index (χ4v) is 4.71. The summed E-state index contributed by atoms with van der Waals surface area (Å²) in [5.41, 5.74) is 3.70. The first-order chi connectivity index (χ1) is 16.5. The first kappa shape index (κ1) is 22.7. The lowest BCUT2D eigenvalue weighted by atomic mass is 9.94. The summed E-state index contributed by atoms with van der Waals surface area (Å²) in [5, 5.41) is 9.11. The predicted molar refractivity (Wildman–Crippen MR) is 135 cm³/mol. The SMILES string of the molecule is CCCCCN1C(=S)NC(c2ccc(Cl)cc2)C(c2nc(-c3ccc4c(c3)OCO4)no2)=C1C. The van der Waals surface area contributed by atoms with E-state index in [1.807, 2.05) is 42.5 Å². The molecule has 2 aliphatic rings. The van der Waals surface area contributed by atoms with Gasteiger partial charge in [-0.15, -0.1) is 0 Å². The lowest BCUT2D eigenvalue weighted by Gasteiger charge is -2.37. The van der Waals surface area contributed by atoms with Crippen molar-refractivity contribution in [2.75, 3.05) is 13.3 Å². The molecule has 1 unspecified atom stereocenters. The van der Waals surface area contributed by atoms with Crippen molar-refractivity contribution in [1.82, 2.24) is 20.4 Å². The molecule has 1 atom stereocenters. The highest BCUT2D eigenvalue weighted by Crippen LogP contribution is 2.39. The topological polar surface area (TPSA) is 72.7 Å². The maximum atomic E-state index is 6.14. The van der Waals surface area contributed by atoms with Crippen molar-refractivity contribution in [2.24, 2.45) is 0 Å². The molecule has 3 aromatic rings. The summed E-state index contributed by atoms with van der Waals surface area (Å²) in [7, 11) is 0. The van der Waals surface area contributed by atoms with Gasteiger partial charge in [0, 0.05) is 22.8 Å². The van der Waals surface area contributed by atoms with E-state index in [0.29, 0.717) is 33.3 Å². The van der Waals surface area contributed by atoms with Crippen LogP contribution in [0.4, 0.5) is 0 Å². The molecule has 0 amide bonds. The van der Waals surface area contributed by atoms with E-state index in [2.05, 4.69) is 29.2 Å². The Morgan fingerprint density at radius 2 is 1.91 bits per heavy atom. The molecule has 2 aromatic carbocycles. The van der Waals surface area contributed by atoms with E-state index in [-0.39, 0.29) is 12.8 Å². The number of thiocarbonyl (C=S) groups is 1. The Morgan fingerprint density at radius 1 is 1.12 bits per heavy atom. The monoisotopic (exact) mass is 496 g/mol. The smallest absolute Gasteiger partial charge is 0.258 e. The summed E-state index contributed by atoms with van der Waals surface area (Å²) in [5.74, 6) is 2.31. The van der Waals surface area contributed by atoms with Crippen molar-refractivity contribution >= 4 is 34.5 Å². The van der Waals surface area contributed by atoms with Crippen molar-refractivity contribution in [2.45, 2.75) is 39.2 Å². The summed E-state index contributed by atoms with van der Waals surface area (Å²) in [6.07, 6.45) is 3.32. The third-order valence-corrected chi connectivity index (χ3v) is 6.66. The number of benzene rings is 2. The number of fused-ring (bicyclic) bond motifs is 1. The molecule has 0 aliphatic carbocycles. The molecule has 5 rings (SSSR count). The number of aromatic nitrogens is 2. The Morgan fingerprint density at radius 3 is 2.71 bits per heavy atom. The Labute approximate surface area is 208 Å². The number of nitrogens with one attached hydrogen (secondary N) is 1. The van der Waals surface area contributed by atoms with E-state index in [1.54, 1.807) is 0 Å². The van der Waals surface area contributed by atoms with Crippen LogP contribution in [0.2, 0.25) is 5.02 Å². The molecule has 9 heteroatoms. The van der Waals surface area contributed by atoms with Crippen LogP contribution in [0.3, 0.4) is 0 Å². The molecule has 0 spiro atoms. The predicted octanol–water partition coefficient (Wildman–Crippen LogP) is 5.97. The van der Waals surface area contributed by atoms with Crippen LogP contribution in [0.5, 0.6) is 11.5 Å². The standard InChI is InChI=1S/C25H25ClN4O3S/c1-3-4-5-12-30-15(2)21(22(27-25(30)34)16-6-9-18(26)10-7-16)24-28-23(29-33-24)17-8-11-19-20(13-17)32-14-31-19/h6-11,13,22H,3-5,12,14H2,1-2H3,(H,27,34). The Bertz CT molecular complexity index is 1240. The number of hydrogen-bond donors (Lipinski definition) is 1. The van der Waals surface area contributed by atoms with E-state index < -0.39 is 0 Å². The van der Waals surface area contributed by atoms with Crippen molar-refractivity contribution < 1.29 is 14.0 Å². The lowest BCUT2D eigenvalue weighted by Crippen LogP contribution is -2.46. The zero-order valence-corrected chi connectivity index (χ0v) is 20.6. The normalized spacial score (nSPS) is 17.3. The zero-order valence-electron chi connectivity index (χ0n) is 19.0. The Kier molecular flexibility index (Phi) is 6.43. The number of unbranched alkanes of at least 4 members (excludes halogenated alkanes) is 2. The average Bonchev–Trinajstić information content (AvgIpc) is 3.50. The van der Waals surface area contributed by atoms with Gasteiger partial charge in [0.05, 0.1) is 11.6 Å². The molecule has 0 saturated heterocycles. The highest BCUT2D eigenvalue weighted by Gasteiger charge is 2.34. The van der Waals surface area contributed by atoms with Crippen LogP contribution in [0.15, 0.2) is 52.7 Å². The van der Waals surface area contributed by atoms with Gasteiger partial charge in [0.1, 0.15) is 0 Å². The molecule has 0 radical (unpaired) electrons. The van der Waals surface area contributed by atoms with Crippen molar-refractivity contribution in [3.05, 3.63) is 64.6 Å². The van der Waals surface area contributed by atoms with Gasteiger partial charge in [-0.2, -0.15) is 4.98 Å². The minimum absolute atomic E-state index is 0.213. The van der Waals surface area contributed by atoms with Gasteiger partial charge < -0.3 is 24.2 Å². The largest absolute Gasteiger partial charge is 0.454 e. The molecule has 1 aromatic heterocycles. The van der Waals surface area contributed by atoms with E-state index in [9.17, 15) is 0 Å². The minimum Gasteiger partial charge on any atom is -0.454 e. The highest BCUT2D eigenvalue weighted by molar-refractivity contribution is 7.80. The summed E-state index contributed by atoms with van der Waals surface area (Å²) >= 11 is 11.9. The van der Waals surface area contributed by atoms with Gasteiger partial charge in [-0.3, -0.25) is 0 Å². The van der Waals surface area contributed by atoms with Gasteiger partial charge in [-0.05, 0) is 61.5 Å². The maximum Gasteiger partial charge on any atom is 0.258 e. The van der Waals surface area contributed by atoms with Gasteiger partial charge in [0.25, 0.3) is 5.89 Å². The van der Waals surface area contributed by atoms with E-state index >= 15 is 0 Å². The summed E-state index contributed by atoms with van der Waals surface area (Å²) in [6.45, 7) is 5.28. The average molecular weight is 497 g/mol. The molecule has 7 nitrogen and oxygen atoms in total. The number of rotatable bonds is 7. The van der Waals surface area contributed by atoms with Gasteiger partial charge >= 0.3 is 0 Å². The highest BCUT2D eigenvalue weighted by atomic mass is 35.5. The molecular weight excluding hydrogens is 472 g/mol. The number of hydrogen-bond acceptors (Lipinski definition) is 6. The zero-order chi connectivity index (χ0) is 23.7. The van der Waals surface area contributed by atoms with Crippen LogP contribution in [-0.2, 0) is 0 Å². The molecule has 0 bridgehead atoms. The Balaban J connectivity index is 1.54. The van der Waals surface area contributed by atoms with E-state index in [4.69, 9.17) is 42.8 Å². The third-order valence-electron chi connectivity index (χ3n) is 6.07. The number of ether oxygens (including phenoxy) is 2. The van der Waals surface area contributed by atoms with Crippen LogP contribution in [-0.4, -0.2) is 33.5 Å². The second kappa shape index (κ2) is 9.64. The lowest BCUT2D eigenvalue weighted by molar-refractivity contribution is 0.174. The van der Waals surface area contributed by atoms with Gasteiger partial charge in [-0.25, -0.2) is 0 Å². The fraction of sp³-hybridized carbons (Fsp3) is 0.320. The number of nitrogens with zero attached hydrogens (tertiary/aromatic N) is 3. The first-order valence-corrected chi connectivity index (χ1v) is 12.1. The van der Waals surface area contributed by atoms with Crippen LogP contribution in [0.25, 0.3) is 17.0 Å². The summed E-state index contributed by atoms with van der Waals surface area (Å²) in [6, 6.07) is 13.1. The molecule has 0 fully saturated rings. The second-order valence-electron chi connectivity index (χ2n) is 8.28. The maximum absolute atomic E-state index is 6.14. The van der Waals surface area contributed by atoms with Crippen LogP contribution in [0, 0.1) is 0 Å². The fourth-order valence-electron chi connectivity index (χ4n) is 4.24. The number of halogens is 1. The van der Waals surface area contributed by atoms with Crippen LogP contribution < -0.4 is 14.8 Å². The van der Waals surface area contributed by atoms with E-state index in [1.165, 1.54) is 0 Å². The van der Waals surface area contributed by atoms with E-state index in [0.717, 1.165) is 48.2 Å². The van der Waals surface area contributed by atoms with Gasteiger partial charge in [-0.1, -0.05) is 48.7 Å². The van der Waals surface area contributed by atoms with Gasteiger partial charge in [0.15, 0.2) is 16.6 Å². The Hall–Kier alpha value is -3.10. The quantitative estimate of drug-likeness (QED) is 0.317.